The number of hydrogen-bond acceptors (Lipinski definition) is 2. The van der Waals surface area contributed by atoms with Gasteiger partial charge in [0.1, 0.15) is 0 Å². The average molecular weight is 164 g/mol. The minimum absolute atomic E-state index is 0.381. The second kappa shape index (κ2) is 6.16. The Morgan fingerprint density at radius 3 is 2.42 bits per heavy atom. The van der Waals surface area contributed by atoms with Gasteiger partial charge in [-0.15, -0.1) is 0 Å². The van der Waals surface area contributed by atoms with Crippen LogP contribution in [0.3, 0.4) is 0 Å². The minimum Gasteiger partial charge on any atom is -0.465 e. The lowest BCUT2D eigenvalue weighted by Gasteiger charge is -1.96. The Kier molecular flexibility index (Phi) is 5.35. The SMILES string of the molecule is C=C/C=C\C(=C/C=C)C(=O)OC. The van der Waals surface area contributed by atoms with Crippen LogP contribution in [-0.2, 0) is 9.53 Å². The van der Waals surface area contributed by atoms with E-state index in [1.54, 1.807) is 24.3 Å². The fourth-order valence-corrected chi connectivity index (χ4v) is 0.608. The van der Waals surface area contributed by atoms with Gasteiger partial charge in [-0.2, -0.15) is 0 Å². The summed E-state index contributed by atoms with van der Waals surface area (Å²) >= 11 is 0. The molecule has 0 fully saturated rings. The van der Waals surface area contributed by atoms with Crippen molar-refractivity contribution in [3.05, 3.63) is 49.1 Å². The van der Waals surface area contributed by atoms with Gasteiger partial charge in [-0.05, 0) is 12.2 Å². The molecule has 0 saturated carbocycles. The van der Waals surface area contributed by atoms with E-state index >= 15 is 0 Å². The predicted octanol–water partition coefficient (Wildman–Crippen LogP) is 2.01. The fraction of sp³-hybridized carbons (Fsp3) is 0.100. The van der Waals surface area contributed by atoms with Crippen molar-refractivity contribution < 1.29 is 9.53 Å². The minimum atomic E-state index is -0.381. The van der Waals surface area contributed by atoms with Crippen molar-refractivity contribution in [2.24, 2.45) is 0 Å². The van der Waals surface area contributed by atoms with Crippen LogP contribution in [0.5, 0.6) is 0 Å². The molecular weight excluding hydrogens is 152 g/mol. The quantitative estimate of drug-likeness (QED) is 0.361. The molecule has 0 aromatic carbocycles. The molecule has 12 heavy (non-hydrogen) atoms. The summed E-state index contributed by atoms with van der Waals surface area (Å²) in [7, 11) is 1.33. The van der Waals surface area contributed by atoms with Crippen LogP contribution in [0.2, 0.25) is 0 Å². The second-order valence-corrected chi connectivity index (χ2v) is 1.94. The number of hydrogen-bond donors (Lipinski definition) is 0. The molecule has 0 rings (SSSR count). The van der Waals surface area contributed by atoms with Crippen LogP contribution in [0.4, 0.5) is 0 Å². The van der Waals surface area contributed by atoms with Crippen LogP contribution in [-0.4, -0.2) is 13.1 Å². The molecule has 0 aromatic rings. The fourth-order valence-electron chi connectivity index (χ4n) is 0.608. The third kappa shape index (κ3) is 3.56. The van der Waals surface area contributed by atoms with E-state index in [-0.39, 0.29) is 5.97 Å². The molecule has 0 radical (unpaired) electrons. The summed E-state index contributed by atoms with van der Waals surface area (Å²) in [5.74, 6) is -0.381. The molecule has 0 N–H and O–H groups in total. The first-order chi connectivity index (χ1) is 5.76. The first kappa shape index (κ1) is 10.4. The summed E-state index contributed by atoms with van der Waals surface area (Å²) in [5, 5.41) is 0. The van der Waals surface area contributed by atoms with Crippen LogP contribution < -0.4 is 0 Å². The zero-order chi connectivity index (χ0) is 9.40. The Hall–Kier alpha value is -1.57. The largest absolute Gasteiger partial charge is 0.465 e. The lowest BCUT2D eigenvalue weighted by atomic mass is 10.2. The zero-order valence-electron chi connectivity index (χ0n) is 7.12. The van der Waals surface area contributed by atoms with E-state index in [2.05, 4.69) is 17.9 Å². The van der Waals surface area contributed by atoms with E-state index in [0.29, 0.717) is 5.57 Å². The topological polar surface area (TPSA) is 26.3 Å². The standard InChI is InChI=1S/C10H12O2/c1-4-6-8-9(7-5-2)10(11)12-3/h4-8H,1-2H2,3H3/b8-6-,9-7+. The summed E-state index contributed by atoms with van der Waals surface area (Å²) in [6, 6.07) is 0. The molecule has 0 aliphatic heterocycles. The first-order valence-electron chi connectivity index (χ1n) is 3.46. The van der Waals surface area contributed by atoms with Gasteiger partial charge in [-0.25, -0.2) is 4.79 Å². The molecule has 0 spiro atoms. The number of carbonyl (C=O) groups excluding carboxylic acids is 1. The maximum atomic E-state index is 11.0. The highest BCUT2D eigenvalue weighted by atomic mass is 16.5. The molecule has 0 unspecified atom stereocenters. The van der Waals surface area contributed by atoms with Crippen LogP contribution in [0.25, 0.3) is 0 Å². The molecule has 0 bridgehead atoms. The molecule has 0 aliphatic carbocycles. The van der Waals surface area contributed by atoms with Crippen molar-refractivity contribution in [1.29, 1.82) is 0 Å². The molecule has 0 amide bonds. The molecule has 0 saturated heterocycles. The monoisotopic (exact) mass is 164 g/mol. The lowest BCUT2D eigenvalue weighted by molar-refractivity contribution is -0.135. The van der Waals surface area contributed by atoms with E-state index < -0.39 is 0 Å². The number of carbonyl (C=O) groups is 1. The Morgan fingerprint density at radius 1 is 1.33 bits per heavy atom. The maximum absolute atomic E-state index is 11.0. The normalized spacial score (nSPS) is 11.2. The molecule has 0 heterocycles. The summed E-state index contributed by atoms with van der Waals surface area (Å²) in [4.78, 5) is 11.0. The van der Waals surface area contributed by atoms with Crippen molar-refractivity contribution in [3.63, 3.8) is 0 Å². The van der Waals surface area contributed by atoms with Crippen LogP contribution >= 0.6 is 0 Å². The Balaban J connectivity index is 4.54. The van der Waals surface area contributed by atoms with Crippen molar-refractivity contribution in [3.8, 4) is 0 Å². The van der Waals surface area contributed by atoms with Crippen LogP contribution in [0.1, 0.15) is 0 Å². The third-order valence-electron chi connectivity index (χ3n) is 1.13. The van der Waals surface area contributed by atoms with Gasteiger partial charge in [0.05, 0.1) is 12.7 Å². The van der Waals surface area contributed by atoms with E-state index in [4.69, 9.17) is 0 Å². The molecule has 2 nitrogen and oxygen atoms in total. The third-order valence-corrected chi connectivity index (χ3v) is 1.13. The molecule has 2 heteroatoms. The molecule has 0 atom stereocenters. The number of methoxy groups -OCH3 is 1. The molecule has 0 aromatic heterocycles. The van der Waals surface area contributed by atoms with E-state index in [1.165, 1.54) is 13.2 Å². The van der Waals surface area contributed by atoms with Gasteiger partial charge in [0.15, 0.2) is 0 Å². The van der Waals surface area contributed by atoms with Crippen molar-refractivity contribution >= 4 is 5.97 Å². The van der Waals surface area contributed by atoms with Gasteiger partial charge in [-0.1, -0.05) is 31.4 Å². The van der Waals surface area contributed by atoms with Crippen LogP contribution in [0, 0.1) is 0 Å². The zero-order valence-corrected chi connectivity index (χ0v) is 7.12. The van der Waals surface area contributed by atoms with E-state index in [1.807, 2.05) is 0 Å². The van der Waals surface area contributed by atoms with Crippen molar-refractivity contribution in [1.82, 2.24) is 0 Å². The molecular formula is C10H12O2. The first-order valence-corrected chi connectivity index (χ1v) is 3.46. The van der Waals surface area contributed by atoms with Gasteiger partial charge in [0.2, 0.25) is 0 Å². The van der Waals surface area contributed by atoms with Gasteiger partial charge in [0, 0.05) is 0 Å². The predicted molar refractivity (Wildman–Crippen MR) is 49.6 cm³/mol. The Bertz CT molecular complexity index is 234. The highest BCUT2D eigenvalue weighted by Crippen LogP contribution is 2.00. The average Bonchev–Trinajstić information content (AvgIpc) is 2.11. The van der Waals surface area contributed by atoms with Gasteiger partial charge in [0.25, 0.3) is 0 Å². The Morgan fingerprint density at radius 2 is 2.00 bits per heavy atom. The summed E-state index contributed by atoms with van der Waals surface area (Å²) in [6.07, 6.45) is 7.96. The highest BCUT2D eigenvalue weighted by Gasteiger charge is 2.02. The van der Waals surface area contributed by atoms with Crippen molar-refractivity contribution in [2.75, 3.05) is 7.11 Å². The number of esters is 1. The smallest absolute Gasteiger partial charge is 0.337 e. The lowest BCUT2D eigenvalue weighted by Crippen LogP contribution is -2.01. The van der Waals surface area contributed by atoms with E-state index in [0.717, 1.165) is 0 Å². The highest BCUT2D eigenvalue weighted by molar-refractivity contribution is 5.91. The molecule has 0 aliphatic rings. The van der Waals surface area contributed by atoms with Gasteiger partial charge < -0.3 is 4.74 Å². The summed E-state index contributed by atoms with van der Waals surface area (Å²) in [5.41, 5.74) is 0.451. The summed E-state index contributed by atoms with van der Waals surface area (Å²) < 4.78 is 4.52. The Labute approximate surface area is 72.5 Å². The van der Waals surface area contributed by atoms with Gasteiger partial charge in [-0.3, -0.25) is 0 Å². The number of rotatable bonds is 4. The second-order valence-electron chi connectivity index (χ2n) is 1.94. The van der Waals surface area contributed by atoms with Crippen LogP contribution in [0.15, 0.2) is 49.1 Å². The summed E-state index contributed by atoms with van der Waals surface area (Å²) in [6.45, 7) is 6.97. The van der Waals surface area contributed by atoms with E-state index in [9.17, 15) is 4.79 Å². The number of allylic oxidation sites excluding steroid dienone is 4. The van der Waals surface area contributed by atoms with Crippen molar-refractivity contribution in [2.45, 2.75) is 0 Å². The molecule has 64 valence electrons. The van der Waals surface area contributed by atoms with Gasteiger partial charge >= 0.3 is 5.97 Å². The number of ether oxygens (including phenoxy) is 1. The maximum Gasteiger partial charge on any atom is 0.337 e.